The van der Waals surface area contributed by atoms with Crippen molar-refractivity contribution in [2.75, 3.05) is 31.5 Å². The molecule has 21 heavy (non-hydrogen) atoms. The summed E-state index contributed by atoms with van der Waals surface area (Å²) in [5.74, 6) is 1.73. The fraction of sp³-hybridized carbons (Fsp3) is 0.625. The van der Waals surface area contributed by atoms with Gasteiger partial charge in [0.1, 0.15) is 5.82 Å². The van der Waals surface area contributed by atoms with Crippen LogP contribution in [-0.2, 0) is 0 Å². The third-order valence-corrected chi connectivity index (χ3v) is 4.30. The standard InChI is InChI=1S/C16H26N4S/c1-13-6-11-20(12-7-13)10-4-9-18-16(21)19-15-14(2)5-3-8-17-15/h3,5,8,13H,4,6-7,9-12H2,1-2H3,(H2,17,18,19,21). The first kappa shape index (κ1) is 16.2. The number of piperidine rings is 1. The molecule has 1 saturated heterocycles. The Bertz CT molecular complexity index is 455. The number of nitrogens with one attached hydrogen (secondary N) is 2. The van der Waals surface area contributed by atoms with E-state index in [2.05, 4.69) is 27.4 Å². The summed E-state index contributed by atoms with van der Waals surface area (Å²) < 4.78 is 0. The van der Waals surface area contributed by atoms with Crippen molar-refractivity contribution in [3.8, 4) is 0 Å². The van der Waals surface area contributed by atoms with Gasteiger partial charge in [0.05, 0.1) is 0 Å². The fourth-order valence-electron chi connectivity index (χ4n) is 2.56. The summed E-state index contributed by atoms with van der Waals surface area (Å²) in [4.78, 5) is 6.84. The van der Waals surface area contributed by atoms with Crippen LogP contribution in [0.3, 0.4) is 0 Å². The quantitative estimate of drug-likeness (QED) is 0.646. The Balaban J connectivity index is 1.60. The van der Waals surface area contributed by atoms with Gasteiger partial charge in [-0.2, -0.15) is 0 Å². The molecule has 1 aliphatic heterocycles. The molecule has 1 aromatic heterocycles. The molecule has 0 aliphatic carbocycles. The van der Waals surface area contributed by atoms with E-state index in [0.717, 1.165) is 36.8 Å². The average molecular weight is 306 g/mol. The lowest BCUT2D eigenvalue weighted by molar-refractivity contribution is 0.191. The van der Waals surface area contributed by atoms with Gasteiger partial charge in [-0.25, -0.2) is 4.98 Å². The van der Waals surface area contributed by atoms with Gasteiger partial charge in [-0.1, -0.05) is 13.0 Å². The number of hydrogen-bond acceptors (Lipinski definition) is 3. The largest absolute Gasteiger partial charge is 0.362 e. The van der Waals surface area contributed by atoms with Gasteiger partial charge in [0.15, 0.2) is 5.11 Å². The van der Waals surface area contributed by atoms with Gasteiger partial charge in [-0.15, -0.1) is 0 Å². The smallest absolute Gasteiger partial charge is 0.171 e. The fourth-order valence-corrected chi connectivity index (χ4v) is 2.76. The summed E-state index contributed by atoms with van der Waals surface area (Å²) in [7, 11) is 0. The van der Waals surface area contributed by atoms with Crippen molar-refractivity contribution in [1.82, 2.24) is 15.2 Å². The second-order valence-electron chi connectivity index (χ2n) is 5.93. The molecule has 0 amide bonds. The van der Waals surface area contributed by atoms with E-state index in [4.69, 9.17) is 12.2 Å². The van der Waals surface area contributed by atoms with Crippen LogP contribution in [0.15, 0.2) is 18.3 Å². The Kier molecular flexibility index (Phi) is 6.39. The number of likely N-dealkylation sites (tertiary alicyclic amines) is 1. The number of pyridine rings is 1. The molecule has 116 valence electrons. The van der Waals surface area contributed by atoms with Crippen LogP contribution < -0.4 is 10.6 Å². The first-order valence-corrected chi connectivity index (χ1v) is 8.25. The first-order valence-electron chi connectivity index (χ1n) is 7.84. The highest BCUT2D eigenvalue weighted by Crippen LogP contribution is 2.15. The third kappa shape index (κ3) is 5.59. The zero-order valence-electron chi connectivity index (χ0n) is 13.1. The molecule has 2 N–H and O–H groups in total. The summed E-state index contributed by atoms with van der Waals surface area (Å²) in [6.45, 7) is 8.93. The molecule has 0 radical (unpaired) electrons. The number of anilines is 1. The van der Waals surface area contributed by atoms with Crippen molar-refractivity contribution in [2.45, 2.75) is 33.1 Å². The Morgan fingerprint density at radius 2 is 2.19 bits per heavy atom. The van der Waals surface area contributed by atoms with Crippen LogP contribution in [0, 0.1) is 12.8 Å². The van der Waals surface area contributed by atoms with Crippen molar-refractivity contribution < 1.29 is 0 Å². The third-order valence-electron chi connectivity index (χ3n) is 4.05. The maximum absolute atomic E-state index is 5.31. The lowest BCUT2D eigenvalue weighted by Crippen LogP contribution is -2.36. The highest BCUT2D eigenvalue weighted by Gasteiger charge is 2.14. The van der Waals surface area contributed by atoms with Gasteiger partial charge >= 0.3 is 0 Å². The van der Waals surface area contributed by atoms with Crippen molar-refractivity contribution in [2.24, 2.45) is 5.92 Å². The molecular formula is C16H26N4S. The summed E-state index contributed by atoms with van der Waals surface area (Å²) in [6, 6.07) is 3.95. The van der Waals surface area contributed by atoms with E-state index in [1.54, 1.807) is 6.20 Å². The lowest BCUT2D eigenvalue weighted by atomic mass is 9.99. The maximum atomic E-state index is 5.31. The minimum absolute atomic E-state index is 0.657. The topological polar surface area (TPSA) is 40.2 Å². The number of hydrogen-bond donors (Lipinski definition) is 2. The Morgan fingerprint density at radius 1 is 1.43 bits per heavy atom. The normalized spacial score (nSPS) is 16.7. The van der Waals surface area contributed by atoms with Gasteiger partial charge < -0.3 is 15.5 Å². The van der Waals surface area contributed by atoms with E-state index < -0.39 is 0 Å². The van der Waals surface area contributed by atoms with Crippen LogP contribution in [0.25, 0.3) is 0 Å². The molecule has 1 fully saturated rings. The zero-order valence-corrected chi connectivity index (χ0v) is 13.9. The summed E-state index contributed by atoms with van der Waals surface area (Å²) in [6.07, 6.45) is 5.57. The van der Waals surface area contributed by atoms with E-state index in [9.17, 15) is 0 Å². The van der Waals surface area contributed by atoms with Crippen molar-refractivity contribution >= 4 is 23.1 Å². The Hall–Kier alpha value is -1.20. The number of nitrogens with zero attached hydrogens (tertiary/aromatic N) is 2. The van der Waals surface area contributed by atoms with Gasteiger partial charge in [0, 0.05) is 12.7 Å². The van der Waals surface area contributed by atoms with Gasteiger partial charge in [0.25, 0.3) is 0 Å². The molecule has 5 heteroatoms. The molecule has 0 spiro atoms. The molecule has 4 nitrogen and oxygen atoms in total. The Labute approximate surface area is 133 Å². The number of aromatic nitrogens is 1. The van der Waals surface area contributed by atoms with Crippen LogP contribution in [-0.4, -0.2) is 41.2 Å². The monoisotopic (exact) mass is 306 g/mol. The molecule has 2 heterocycles. The summed E-state index contributed by atoms with van der Waals surface area (Å²) in [5, 5.41) is 7.07. The average Bonchev–Trinajstić information content (AvgIpc) is 2.48. The predicted molar refractivity (Wildman–Crippen MR) is 92.7 cm³/mol. The zero-order chi connectivity index (χ0) is 15.1. The number of thiocarbonyl (C=S) groups is 1. The Morgan fingerprint density at radius 3 is 2.90 bits per heavy atom. The lowest BCUT2D eigenvalue weighted by Gasteiger charge is -2.30. The van der Waals surface area contributed by atoms with Gasteiger partial charge in [-0.3, -0.25) is 0 Å². The summed E-state index contributed by atoms with van der Waals surface area (Å²) in [5.41, 5.74) is 1.10. The highest BCUT2D eigenvalue weighted by molar-refractivity contribution is 7.80. The number of rotatable bonds is 5. The SMILES string of the molecule is Cc1cccnc1NC(=S)NCCCN1CCC(C)CC1. The van der Waals surface area contributed by atoms with Crippen LogP contribution in [0.1, 0.15) is 31.7 Å². The molecule has 0 atom stereocenters. The van der Waals surface area contributed by atoms with E-state index in [-0.39, 0.29) is 0 Å². The van der Waals surface area contributed by atoms with Crippen molar-refractivity contribution in [3.05, 3.63) is 23.9 Å². The van der Waals surface area contributed by atoms with E-state index in [0.29, 0.717) is 5.11 Å². The minimum atomic E-state index is 0.657. The molecule has 0 bridgehead atoms. The molecule has 1 aromatic rings. The van der Waals surface area contributed by atoms with Crippen LogP contribution in [0.2, 0.25) is 0 Å². The summed E-state index contributed by atoms with van der Waals surface area (Å²) >= 11 is 5.31. The van der Waals surface area contributed by atoms with Gasteiger partial charge in [-0.05, 0) is 75.6 Å². The van der Waals surface area contributed by atoms with Crippen molar-refractivity contribution in [3.63, 3.8) is 0 Å². The van der Waals surface area contributed by atoms with Crippen molar-refractivity contribution in [1.29, 1.82) is 0 Å². The molecule has 0 unspecified atom stereocenters. The first-order chi connectivity index (χ1) is 10.1. The molecule has 2 rings (SSSR count). The van der Waals surface area contributed by atoms with Crippen LogP contribution in [0.4, 0.5) is 5.82 Å². The van der Waals surface area contributed by atoms with E-state index in [1.165, 1.54) is 25.9 Å². The second-order valence-corrected chi connectivity index (χ2v) is 6.34. The van der Waals surface area contributed by atoms with E-state index >= 15 is 0 Å². The molecule has 1 aliphatic rings. The molecule has 0 saturated carbocycles. The van der Waals surface area contributed by atoms with Crippen LogP contribution in [0.5, 0.6) is 0 Å². The van der Waals surface area contributed by atoms with Gasteiger partial charge in [0.2, 0.25) is 0 Å². The number of aryl methyl sites for hydroxylation is 1. The second kappa shape index (κ2) is 8.29. The molecule has 0 aromatic carbocycles. The maximum Gasteiger partial charge on any atom is 0.171 e. The molecular weight excluding hydrogens is 280 g/mol. The highest BCUT2D eigenvalue weighted by atomic mass is 32.1. The predicted octanol–water partition coefficient (Wildman–Crippen LogP) is 2.80. The minimum Gasteiger partial charge on any atom is -0.362 e. The van der Waals surface area contributed by atoms with E-state index in [1.807, 2.05) is 19.1 Å². The van der Waals surface area contributed by atoms with Crippen LogP contribution >= 0.6 is 12.2 Å².